The first-order valence-electron chi connectivity index (χ1n) is 12.1. The first-order chi connectivity index (χ1) is 17.4. The van der Waals surface area contributed by atoms with E-state index < -0.39 is 6.04 Å². The highest BCUT2D eigenvalue weighted by Crippen LogP contribution is 2.23. The van der Waals surface area contributed by atoms with Gasteiger partial charge in [-0.3, -0.25) is 9.59 Å². The van der Waals surface area contributed by atoms with Gasteiger partial charge in [-0.15, -0.1) is 0 Å². The predicted octanol–water partition coefficient (Wildman–Crippen LogP) is 4.97. The van der Waals surface area contributed by atoms with Crippen LogP contribution in [0.3, 0.4) is 0 Å². The Morgan fingerprint density at radius 1 is 0.972 bits per heavy atom. The molecule has 4 aromatic rings. The molecule has 0 saturated heterocycles. The van der Waals surface area contributed by atoms with Gasteiger partial charge in [0.25, 0.3) is 5.91 Å². The minimum atomic E-state index is -0.425. The molecule has 186 valence electrons. The third-order valence-corrected chi connectivity index (χ3v) is 6.18. The second-order valence-electron chi connectivity index (χ2n) is 9.07. The number of benzene rings is 3. The van der Waals surface area contributed by atoms with Crippen LogP contribution in [0.15, 0.2) is 78.9 Å². The highest BCUT2D eigenvalue weighted by molar-refractivity contribution is 5.94. The number of methoxy groups -OCH3 is 1. The van der Waals surface area contributed by atoms with E-state index in [1.54, 1.807) is 31.4 Å². The molecule has 36 heavy (non-hydrogen) atoms. The van der Waals surface area contributed by atoms with Crippen molar-refractivity contribution >= 4 is 22.8 Å². The smallest absolute Gasteiger partial charge is 0.251 e. The summed E-state index contributed by atoms with van der Waals surface area (Å²) in [5.41, 5.74) is 3.21. The number of carbonyl (C=O) groups is 2. The lowest BCUT2D eigenvalue weighted by molar-refractivity contribution is -0.134. The number of hydrogen-bond acceptors (Lipinski definition) is 4. The number of aromatic nitrogens is 2. The summed E-state index contributed by atoms with van der Waals surface area (Å²) in [4.78, 5) is 33.2. The van der Waals surface area contributed by atoms with E-state index in [4.69, 9.17) is 9.72 Å². The second kappa shape index (κ2) is 11.1. The molecule has 1 atom stereocenters. The van der Waals surface area contributed by atoms with E-state index in [0.717, 1.165) is 16.6 Å². The summed E-state index contributed by atoms with van der Waals surface area (Å²) < 4.78 is 7.15. The fourth-order valence-electron chi connectivity index (χ4n) is 4.26. The summed E-state index contributed by atoms with van der Waals surface area (Å²) in [6.45, 7) is 6.57. The molecule has 7 heteroatoms. The van der Waals surface area contributed by atoms with Crippen LogP contribution in [0.4, 0.5) is 0 Å². The van der Waals surface area contributed by atoms with Crippen LogP contribution in [0.5, 0.6) is 5.75 Å². The SMILES string of the molecule is COc1cccc(C(=O)NC(C)c2nc3ccccc3n2CC(=O)N(Cc2ccccc2)C(C)C)c1. The number of fused-ring (bicyclic) bond motifs is 1. The lowest BCUT2D eigenvalue weighted by Gasteiger charge is -2.28. The van der Waals surface area contributed by atoms with Crippen LogP contribution in [-0.4, -0.2) is 39.4 Å². The summed E-state index contributed by atoms with van der Waals surface area (Å²) >= 11 is 0. The third kappa shape index (κ3) is 5.57. The molecule has 0 radical (unpaired) electrons. The van der Waals surface area contributed by atoms with E-state index >= 15 is 0 Å². The van der Waals surface area contributed by atoms with Gasteiger partial charge in [-0.2, -0.15) is 0 Å². The monoisotopic (exact) mass is 484 g/mol. The number of amides is 2. The number of rotatable bonds is 9. The standard InChI is InChI=1S/C29H32N4O3/c1-20(2)32(18-22-11-6-5-7-12-22)27(34)19-33-26-16-9-8-15-25(26)31-28(33)21(3)30-29(35)23-13-10-14-24(17-23)36-4/h5-17,20-21H,18-19H2,1-4H3,(H,30,35). The predicted molar refractivity (Wildman–Crippen MR) is 141 cm³/mol. The molecular weight excluding hydrogens is 452 g/mol. The Morgan fingerprint density at radius 2 is 1.69 bits per heavy atom. The number of para-hydroxylation sites is 2. The van der Waals surface area contributed by atoms with Crippen molar-refractivity contribution in [2.45, 2.75) is 45.9 Å². The van der Waals surface area contributed by atoms with Crippen LogP contribution in [0, 0.1) is 0 Å². The summed E-state index contributed by atoms with van der Waals surface area (Å²) in [5.74, 6) is 0.994. The summed E-state index contributed by atoms with van der Waals surface area (Å²) in [5, 5.41) is 3.03. The van der Waals surface area contributed by atoms with E-state index in [1.165, 1.54) is 0 Å². The maximum absolute atomic E-state index is 13.6. The molecule has 7 nitrogen and oxygen atoms in total. The van der Waals surface area contributed by atoms with Crippen molar-refractivity contribution in [3.8, 4) is 5.75 Å². The molecule has 0 bridgehead atoms. The molecule has 1 aromatic heterocycles. The van der Waals surface area contributed by atoms with Crippen LogP contribution in [0.2, 0.25) is 0 Å². The van der Waals surface area contributed by atoms with Crippen molar-refractivity contribution in [3.05, 3.63) is 95.8 Å². The fraction of sp³-hybridized carbons (Fsp3) is 0.276. The maximum atomic E-state index is 13.6. The summed E-state index contributed by atoms with van der Waals surface area (Å²) in [6, 6.07) is 24.3. The van der Waals surface area contributed by atoms with Crippen molar-refractivity contribution in [1.29, 1.82) is 0 Å². The highest BCUT2D eigenvalue weighted by atomic mass is 16.5. The molecule has 0 spiro atoms. The zero-order chi connectivity index (χ0) is 25.7. The molecule has 1 N–H and O–H groups in total. The Kier molecular flexibility index (Phi) is 7.68. The first-order valence-corrected chi connectivity index (χ1v) is 12.1. The normalized spacial score (nSPS) is 11.9. The summed E-state index contributed by atoms with van der Waals surface area (Å²) in [6.07, 6.45) is 0. The molecule has 4 rings (SSSR count). The van der Waals surface area contributed by atoms with Crippen molar-refractivity contribution < 1.29 is 14.3 Å². The van der Waals surface area contributed by atoms with Gasteiger partial charge in [0.2, 0.25) is 5.91 Å². The van der Waals surface area contributed by atoms with Crippen molar-refractivity contribution in [3.63, 3.8) is 0 Å². The number of nitrogens with zero attached hydrogens (tertiary/aromatic N) is 3. The largest absolute Gasteiger partial charge is 0.497 e. The van der Waals surface area contributed by atoms with Gasteiger partial charge < -0.3 is 19.5 Å². The average Bonchev–Trinajstić information content (AvgIpc) is 3.26. The van der Waals surface area contributed by atoms with Gasteiger partial charge in [-0.25, -0.2) is 4.98 Å². The van der Waals surface area contributed by atoms with Crippen LogP contribution in [-0.2, 0) is 17.9 Å². The van der Waals surface area contributed by atoms with Gasteiger partial charge in [0, 0.05) is 18.2 Å². The van der Waals surface area contributed by atoms with Crippen LogP contribution in [0.25, 0.3) is 11.0 Å². The fourth-order valence-corrected chi connectivity index (χ4v) is 4.26. The Hall–Kier alpha value is -4.13. The third-order valence-electron chi connectivity index (χ3n) is 6.18. The number of nitrogens with one attached hydrogen (secondary N) is 1. The van der Waals surface area contributed by atoms with Gasteiger partial charge in [0.05, 0.1) is 24.2 Å². The Labute approximate surface area is 211 Å². The van der Waals surface area contributed by atoms with Crippen LogP contribution in [0.1, 0.15) is 48.6 Å². The van der Waals surface area contributed by atoms with Crippen LogP contribution < -0.4 is 10.1 Å². The van der Waals surface area contributed by atoms with Crippen molar-refractivity contribution in [2.75, 3.05) is 7.11 Å². The maximum Gasteiger partial charge on any atom is 0.251 e. The number of ether oxygens (including phenoxy) is 1. The molecule has 3 aromatic carbocycles. The molecule has 0 aliphatic carbocycles. The number of imidazole rings is 1. The van der Waals surface area contributed by atoms with E-state index in [2.05, 4.69) is 5.32 Å². The summed E-state index contributed by atoms with van der Waals surface area (Å²) in [7, 11) is 1.57. The molecule has 2 amide bonds. The number of carbonyl (C=O) groups excluding carboxylic acids is 2. The van der Waals surface area contributed by atoms with E-state index in [1.807, 2.05) is 84.8 Å². The van der Waals surface area contributed by atoms with E-state index in [-0.39, 0.29) is 24.4 Å². The van der Waals surface area contributed by atoms with Gasteiger partial charge in [0.15, 0.2) is 0 Å². The Bertz CT molecular complexity index is 1350. The van der Waals surface area contributed by atoms with Gasteiger partial charge in [-0.1, -0.05) is 48.5 Å². The Morgan fingerprint density at radius 3 is 2.42 bits per heavy atom. The van der Waals surface area contributed by atoms with Crippen LogP contribution >= 0.6 is 0 Å². The molecule has 1 heterocycles. The number of hydrogen-bond donors (Lipinski definition) is 1. The molecule has 1 unspecified atom stereocenters. The highest BCUT2D eigenvalue weighted by Gasteiger charge is 2.24. The van der Waals surface area contributed by atoms with Gasteiger partial charge in [0.1, 0.15) is 18.1 Å². The van der Waals surface area contributed by atoms with Crippen molar-refractivity contribution in [1.82, 2.24) is 19.8 Å². The Balaban J connectivity index is 1.61. The minimum Gasteiger partial charge on any atom is -0.497 e. The lowest BCUT2D eigenvalue weighted by Crippen LogP contribution is -2.39. The zero-order valence-electron chi connectivity index (χ0n) is 21.1. The molecule has 0 saturated carbocycles. The van der Waals surface area contributed by atoms with E-state index in [0.29, 0.717) is 23.7 Å². The quantitative estimate of drug-likeness (QED) is 0.364. The zero-order valence-corrected chi connectivity index (χ0v) is 21.1. The molecule has 0 aliphatic rings. The lowest BCUT2D eigenvalue weighted by atomic mass is 10.2. The van der Waals surface area contributed by atoms with Gasteiger partial charge >= 0.3 is 0 Å². The molecular formula is C29H32N4O3. The van der Waals surface area contributed by atoms with E-state index in [9.17, 15) is 9.59 Å². The average molecular weight is 485 g/mol. The second-order valence-corrected chi connectivity index (χ2v) is 9.07. The first kappa shape index (κ1) is 25.0. The van der Waals surface area contributed by atoms with Crippen molar-refractivity contribution in [2.24, 2.45) is 0 Å². The molecule has 0 aliphatic heterocycles. The molecule has 0 fully saturated rings. The minimum absolute atomic E-state index is 0.00965. The van der Waals surface area contributed by atoms with Gasteiger partial charge in [-0.05, 0) is 56.7 Å². The topological polar surface area (TPSA) is 76.5 Å².